The number of likely N-dealkylation sites (tertiary alicyclic amines) is 1. The first-order chi connectivity index (χ1) is 9.22. The third-order valence-electron chi connectivity index (χ3n) is 3.73. The normalized spacial score (nSPS) is 23.7. The molecule has 0 bridgehead atoms. The number of carbonyl (C=O) groups is 1. The number of carbonyl (C=O) groups excluding carboxylic acids is 1. The molecule has 2 heterocycles. The van der Waals surface area contributed by atoms with E-state index in [1.165, 1.54) is 12.8 Å². The van der Waals surface area contributed by atoms with E-state index in [9.17, 15) is 4.79 Å². The molecular weight excluding hydrogens is 240 g/mol. The molecule has 5 heteroatoms. The summed E-state index contributed by atoms with van der Waals surface area (Å²) in [5.41, 5.74) is 1.77. The lowest BCUT2D eigenvalue weighted by atomic mass is 10.0. The monoisotopic (exact) mass is 260 g/mol. The van der Waals surface area contributed by atoms with Crippen molar-refractivity contribution in [1.29, 1.82) is 0 Å². The van der Waals surface area contributed by atoms with Crippen molar-refractivity contribution in [3.8, 4) is 0 Å². The van der Waals surface area contributed by atoms with Gasteiger partial charge in [-0.05, 0) is 32.6 Å². The van der Waals surface area contributed by atoms with Crippen molar-refractivity contribution in [2.75, 3.05) is 6.54 Å². The zero-order chi connectivity index (χ0) is 13.2. The number of aryl methyl sites for hydroxylation is 1. The van der Waals surface area contributed by atoms with Crippen LogP contribution in [0.5, 0.6) is 0 Å². The number of hydrogen-bond acceptors (Lipinski definition) is 4. The Morgan fingerprint density at radius 2 is 2.16 bits per heavy atom. The van der Waals surface area contributed by atoms with Crippen molar-refractivity contribution in [3.63, 3.8) is 0 Å². The standard InChI is InChI=1S/C14H20N4O/c1-10-7-16-12(8-15-10)9-18-6-2-3-13(14(18)19)17-11-4-5-11/h7-8,11,13,17H,2-6,9H2,1H3. The minimum absolute atomic E-state index is 0.0136. The predicted molar refractivity (Wildman–Crippen MR) is 71.4 cm³/mol. The Balaban J connectivity index is 1.62. The fourth-order valence-corrected chi connectivity index (χ4v) is 2.48. The molecule has 3 rings (SSSR count). The minimum Gasteiger partial charge on any atom is -0.335 e. The van der Waals surface area contributed by atoms with Crippen molar-refractivity contribution in [2.45, 2.75) is 51.2 Å². The summed E-state index contributed by atoms with van der Waals surface area (Å²) in [4.78, 5) is 22.8. The smallest absolute Gasteiger partial charge is 0.240 e. The summed E-state index contributed by atoms with van der Waals surface area (Å²) in [6, 6.07) is 0.590. The molecule has 1 unspecified atom stereocenters. The SMILES string of the molecule is Cc1cnc(CN2CCCC(NC3CC3)C2=O)cn1. The number of rotatable bonds is 4. The molecule has 19 heavy (non-hydrogen) atoms. The molecule has 1 aliphatic carbocycles. The molecule has 1 aromatic heterocycles. The Bertz CT molecular complexity index is 455. The second-order valence-electron chi connectivity index (χ2n) is 5.54. The number of hydrogen-bond donors (Lipinski definition) is 1. The highest BCUT2D eigenvalue weighted by molar-refractivity contribution is 5.82. The highest BCUT2D eigenvalue weighted by Gasteiger charge is 2.33. The summed E-state index contributed by atoms with van der Waals surface area (Å²) in [5, 5.41) is 3.44. The van der Waals surface area contributed by atoms with Crippen molar-refractivity contribution >= 4 is 5.91 Å². The summed E-state index contributed by atoms with van der Waals surface area (Å²) in [5.74, 6) is 0.223. The predicted octanol–water partition coefficient (Wildman–Crippen LogP) is 1.03. The van der Waals surface area contributed by atoms with Gasteiger partial charge in [-0.3, -0.25) is 14.8 Å². The maximum absolute atomic E-state index is 12.4. The van der Waals surface area contributed by atoms with Gasteiger partial charge < -0.3 is 10.2 Å². The van der Waals surface area contributed by atoms with E-state index < -0.39 is 0 Å². The molecule has 1 atom stereocenters. The number of aromatic nitrogens is 2. The Hall–Kier alpha value is -1.49. The molecule has 0 radical (unpaired) electrons. The van der Waals surface area contributed by atoms with Crippen LogP contribution in [-0.2, 0) is 11.3 Å². The Labute approximate surface area is 113 Å². The van der Waals surface area contributed by atoms with Crippen LogP contribution in [0, 0.1) is 6.92 Å². The second-order valence-corrected chi connectivity index (χ2v) is 5.54. The van der Waals surface area contributed by atoms with E-state index in [4.69, 9.17) is 0 Å². The Morgan fingerprint density at radius 1 is 1.32 bits per heavy atom. The number of nitrogens with one attached hydrogen (secondary N) is 1. The molecule has 0 aromatic carbocycles. The third kappa shape index (κ3) is 3.10. The molecule has 1 aliphatic heterocycles. The van der Waals surface area contributed by atoms with Crippen LogP contribution in [0.3, 0.4) is 0 Å². The van der Waals surface area contributed by atoms with Crippen molar-refractivity contribution in [1.82, 2.24) is 20.2 Å². The lowest BCUT2D eigenvalue weighted by molar-refractivity contribution is -0.136. The first-order valence-electron chi connectivity index (χ1n) is 7.05. The fourth-order valence-electron chi connectivity index (χ4n) is 2.48. The molecule has 0 spiro atoms. The van der Waals surface area contributed by atoms with E-state index in [0.717, 1.165) is 30.8 Å². The van der Waals surface area contributed by atoms with Gasteiger partial charge in [-0.2, -0.15) is 0 Å². The topological polar surface area (TPSA) is 58.1 Å². The van der Waals surface area contributed by atoms with E-state index in [2.05, 4.69) is 15.3 Å². The van der Waals surface area contributed by atoms with Crippen LogP contribution in [0.2, 0.25) is 0 Å². The molecule has 2 fully saturated rings. The summed E-state index contributed by atoms with van der Waals surface area (Å²) >= 11 is 0. The molecule has 102 valence electrons. The largest absolute Gasteiger partial charge is 0.335 e. The molecule has 1 amide bonds. The van der Waals surface area contributed by atoms with Crippen LogP contribution in [0.25, 0.3) is 0 Å². The highest BCUT2D eigenvalue weighted by atomic mass is 16.2. The molecule has 1 aromatic rings. The summed E-state index contributed by atoms with van der Waals surface area (Å²) < 4.78 is 0. The maximum Gasteiger partial charge on any atom is 0.240 e. The molecule has 1 N–H and O–H groups in total. The quantitative estimate of drug-likeness (QED) is 0.878. The lowest BCUT2D eigenvalue weighted by Gasteiger charge is -2.32. The number of amides is 1. The van der Waals surface area contributed by atoms with Crippen LogP contribution in [0.1, 0.15) is 37.1 Å². The summed E-state index contributed by atoms with van der Waals surface area (Å²) in [6.45, 7) is 3.32. The van der Waals surface area contributed by atoms with E-state index in [1.807, 2.05) is 11.8 Å². The van der Waals surface area contributed by atoms with Gasteiger partial charge in [-0.1, -0.05) is 0 Å². The van der Waals surface area contributed by atoms with Gasteiger partial charge in [0.2, 0.25) is 5.91 Å². The van der Waals surface area contributed by atoms with Gasteiger partial charge in [0.25, 0.3) is 0 Å². The van der Waals surface area contributed by atoms with Gasteiger partial charge in [-0.15, -0.1) is 0 Å². The maximum atomic E-state index is 12.4. The van der Waals surface area contributed by atoms with Gasteiger partial charge in [0.05, 0.1) is 30.2 Å². The average Bonchev–Trinajstić information content (AvgIpc) is 3.21. The van der Waals surface area contributed by atoms with Crippen molar-refractivity contribution in [3.05, 3.63) is 23.8 Å². The van der Waals surface area contributed by atoms with Crippen LogP contribution in [0.15, 0.2) is 12.4 Å². The van der Waals surface area contributed by atoms with Gasteiger partial charge in [-0.25, -0.2) is 0 Å². The minimum atomic E-state index is 0.0136. The van der Waals surface area contributed by atoms with Crippen LogP contribution in [0.4, 0.5) is 0 Å². The number of piperidine rings is 1. The average molecular weight is 260 g/mol. The molecular formula is C14H20N4O. The molecule has 1 saturated carbocycles. The zero-order valence-corrected chi connectivity index (χ0v) is 11.3. The van der Waals surface area contributed by atoms with Crippen LogP contribution >= 0.6 is 0 Å². The first kappa shape index (κ1) is 12.5. The fraction of sp³-hybridized carbons (Fsp3) is 0.643. The van der Waals surface area contributed by atoms with Crippen LogP contribution < -0.4 is 5.32 Å². The molecule has 5 nitrogen and oxygen atoms in total. The molecule has 1 saturated heterocycles. The lowest BCUT2D eigenvalue weighted by Crippen LogP contribution is -2.50. The van der Waals surface area contributed by atoms with Crippen molar-refractivity contribution in [2.24, 2.45) is 0 Å². The van der Waals surface area contributed by atoms with Crippen molar-refractivity contribution < 1.29 is 4.79 Å². The third-order valence-corrected chi connectivity index (χ3v) is 3.73. The first-order valence-corrected chi connectivity index (χ1v) is 7.05. The van der Waals surface area contributed by atoms with Gasteiger partial charge in [0.1, 0.15) is 0 Å². The van der Waals surface area contributed by atoms with Gasteiger partial charge in [0, 0.05) is 18.8 Å². The van der Waals surface area contributed by atoms with E-state index >= 15 is 0 Å². The summed E-state index contributed by atoms with van der Waals surface area (Å²) in [7, 11) is 0. The van der Waals surface area contributed by atoms with E-state index in [0.29, 0.717) is 12.6 Å². The zero-order valence-electron chi connectivity index (χ0n) is 11.3. The highest BCUT2D eigenvalue weighted by Crippen LogP contribution is 2.22. The van der Waals surface area contributed by atoms with E-state index in [1.54, 1.807) is 12.4 Å². The molecule has 2 aliphatic rings. The Kier molecular flexibility index (Phi) is 3.46. The van der Waals surface area contributed by atoms with Gasteiger partial charge >= 0.3 is 0 Å². The number of nitrogens with zero attached hydrogens (tertiary/aromatic N) is 3. The second kappa shape index (κ2) is 5.25. The van der Waals surface area contributed by atoms with E-state index in [-0.39, 0.29) is 11.9 Å². The van der Waals surface area contributed by atoms with Gasteiger partial charge in [0.15, 0.2) is 0 Å². The Morgan fingerprint density at radius 3 is 2.84 bits per heavy atom. The summed E-state index contributed by atoms with van der Waals surface area (Å²) in [6.07, 6.45) is 7.98. The van der Waals surface area contributed by atoms with Crippen LogP contribution in [-0.4, -0.2) is 39.4 Å².